The molecule has 0 aliphatic heterocycles. The Kier molecular flexibility index (Phi) is 32.9. The van der Waals surface area contributed by atoms with Crippen molar-refractivity contribution in [1.29, 1.82) is 10.5 Å². The molecule has 1 aromatic carbocycles. The zero-order valence-electron chi connectivity index (χ0n) is 70.5. The molecule has 614 valence electrons. The quantitative estimate of drug-likeness (QED) is 0.0281. The van der Waals surface area contributed by atoms with Crippen LogP contribution in [-0.2, 0) is 25.7 Å². The molecule has 0 radical (unpaired) electrons. The van der Waals surface area contributed by atoms with E-state index in [4.69, 9.17) is 18.1 Å². The summed E-state index contributed by atoms with van der Waals surface area (Å²) in [4.78, 5) is 40.7. The minimum atomic E-state index is 0.0429. The van der Waals surface area contributed by atoms with Crippen LogP contribution in [0, 0.1) is 49.7 Å². The molecule has 0 bridgehead atoms. The van der Waals surface area contributed by atoms with Gasteiger partial charge in [-0.15, -0.1) is 125 Å². The van der Waals surface area contributed by atoms with Gasteiger partial charge in [0.25, 0.3) is 11.4 Å². The zero-order valence-corrected chi connectivity index (χ0v) is 80.3. The fraction of sp³-hybridized carbons (Fsp3) is 0.424. The van der Waals surface area contributed by atoms with E-state index in [0.717, 1.165) is 94.0 Å². The van der Waals surface area contributed by atoms with E-state index in [9.17, 15) is 10.5 Å². The van der Waals surface area contributed by atoms with Gasteiger partial charge in [0.15, 0.2) is 5.13 Å². The van der Waals surface area contributed by atoms with E-state index >= 15 is 0 Å². The number of nitrogens with zero attached hydrogens (tertiary/aromatic N) is 7. The average Bonchev–Trinajstić information content (AvgIpc) is 1.55. The van der Waals surface area contributed by atoms with Crippen LogP contribution in [0.2, 0.25) is 0 Å². The highest BCUT2D eigenvalue weighted by Gasteiger charge is 2.28. The maximum Gasteiger partial charge on any atom is 0.288 e. The summed E-state index contributed by atoms with van der Waals surface area (Å²) < 4.78 is 4.59. The Balaban J connectivity index is 0.911. The van der Waals surface area contributed by atoms with Gasteiger partial charge in [0.1, 0.15) is 5.35 Å². The molecule has 7 nitrogen and oxygen atoms in total. The Morgan fingerprint density at radius 3 is 1.10 bits per heavy atom. The molecule has 0 atom stereocenters. The molecule has 0 unspecified atom stereocenters. The van der Waals surface area contributed by atoms with Gasteiger partial charge in [0.05, 0.1) is 30.3 Å². The van der Waals surface area contributed by atoms with Crippen LogP contribution < -0.4 is 29.4 Å². The van der Waals surface area contributed by atoms with Crippen molar-refractivity contribution in [2.45, 2.75) is 249 Å². The number of rotatable bonds is 44. The van der Waals surface area contributed by atoms with Crippen molar-refractivity contribution in [2.75, 3.05) is 36.0 Å². The molecule has 13 rings (SSSR count). The molecule has 12 heterocycles. The number of thiazole rings is 1. The van der Waals surface area contributed by atoms with Crippen molar-refractivity contribution < 1.29 is 0 Å². The number of thiophene rings is 11. The molecular formula is C99H111N7S12. The molecule has 12 aromatic heterocycles. The van der Waals surface area contributed by atoms with Crippen molar-refractivity contribution >= 4 is 190 Å². The summed E-state index contributed by atoms with van der Waals surface area (Å²) in [5, 5.41) is 26.3. The van der Waals surface area contributed by atoms with Crippen LogP contribution in [0.1, 0.15) is 251 Å². The third-order valence-corrected chi connectivity index (χ3v) is 36.9. The highest BCUT2D eigenvalue weighted by atomic mass is 32.1. The highest BCUT2D eigenvalue weighted by Crippen LogP contribution is 2.57. The predicted octanol–water partition coefficient (Wildman–Crippen LogP) is 32.1. The second kappa shape index (κ2) is 43.7. The van der Waals surface area contributed by atoms with Crippen molar-refractivity contribution in [1.82, 2.24) is 4.98 Å². The number of unbranched alkanes of at least 4 members (excludes halogenated alkanes) is 20. The Labute approximate surface area is 749 Å². The van der Waals surface area contributed by atoms with E-state index in [1.54, 1.807) is 22.7 Å². The first kappa shape index (κ1) is 88.9. The summed E-state index contributed by atoms with van der Waals surface area (Å²) in [7, 11) is 0. The molecule has 0 N–H and O–H groups in total. The summed E-state index contributed by atoms with van der Waals surface area (Å²) in [6.07, 6.45) is 38.5. The number of benzene rings is 1. The van der Waals surface area contributed by atoms with Crippen molar-refractivity contribution in [3.05, 3.63) is 175 Å². The second-order valence-electron chi connectivity index (χ2n) is 31.0. The first-order valence-electron chi connectivity index (χ1n) is 43.3. The summed E-state index contributed by atoms with van der Waals surface area (Å²) in [6, 6.07) is 40.8. The van der Waals surface area contributed by atoms with Crippen molar-refractivity contribution in [3.8, 4) is 91.5 Å². The number of anilines is 2. The Morgan fingerprint density at radius 2 is 0.729 bits per heavy atom. The number of nitriles is 2. The lowest BCUT2D eigenvalue weighted by Gasteiger charge is -2.17. The second-order valence-corrected chi connectivity index (χ2v) is 44.2. The summed E-state index contributed by atoms with van der Waals surface area (Å²) in [6.45, 7) is 41.7. The monoisotopic (exact) mass is 1780 g/mol. The van der Waals surface area contributed by atoms with Gasteiger partial charge < -0.3 is 9.80 Å². The van der Waals surface area contributed by atoms with Gasteiger partial charge in [0, 0.05) is 160 Å². The lowest BCUT2D eigenvalue weighted by Crippen LogP contribution is -2.25. The summed E-state index contributed by atoms with van der Waals surface area (Å²) in [5.41, 5.74) is 8.65. The molecule has 0 aliphatic carbocycles. The van der Waals surface area contributed by atoms with Crippen LogP contribution in [-0.4, -0.2) is 31.2 Å². The van der Waals surface area contributed by atoms with Gasteiger partial charge in [-0.2, -0.15) is 0 Å². The number of aryl methyl sites for hydroxylation is 6. The van der Waals surface area contributed by atoms with Gasteiger partial charge >= 0.3 is 0 Å². The predicted molar refractivity (Wildman–Crippen MR) is 532 cm³/mol. The van der Waals surface area contributed by atoms with Crippen molar-refractivity contribution in [2.24, 2.45) is 0 Å². The van der Waals surface area contributed by atoms with E-state index in [1.165, 1.54) is 278 Å². The molecular weight excluding hydrogens is 1670 g/mol. The zero-order chi connectivity index (χ0) is 82.6. The highest BCUT2D eigenvalue weighted by molar-refractivity contribution is 7.32. The fourth-order valence-electron chi connectivity index (χ4n) is 16.0. The van der Waals surface area contributed by atoms with Gasteiger partial charge in [-0.1, -0.05) is 167 Å². The van der Waals surface area contributed by atoms with Crippen LogP contribution in [0.5, 0.6) is 0 Å². The summed E-state index contributed by atoms with van der Waals surface area (Å²) in [5.74, 6) is 0. The van der Waals surface area contributed by atoms with E-state index in [1.807, 2.05) is 113 Å². The molecule has 0 spiro atoms. The van der Waals surface area contributed by atoms with E-state index in [2.05, 4.69) is 204 Å². The molecule has 0 saturated carbocycles. The summed E-state index contributed by atoms with van der Waals surface area (Å²) >= 11 is 22.8. The third-order valence-electron chi connectivity index (χ3n) is 22.5. The maximum absolute atomic E-state index is 10.2. The van der Waals surface area contributed by atoms with Crippen LogP contribution >= 0.6 is 136 Å². The van der Waals surface area contributed by atoms with Gasteiger partial charge in [-0.3, -0.25) is 0 Å². The third kappa shape index (κ3) is 21.2. The Hall–Kier alpha value is -6.89. The minimum absolute atomic E-state index is 0.0429. The number of fused-ring (bicyclic) bond motifs is 2. The SMILES string of the molecule is [C-]#[N+]/C(C#N)=c1\cc(N(CC)CC)s\c1=C/c1cc(CCCCCCCC)c(-c2ccc(-c3sc(-c4cc5c(-c6ccc(C)s6)c6sc(-c7cc(CCCCCCCC)c(-c8ccc(-c9sc(/C=c%10\sc(N(CC)CC)n\c%10=C(/C#N)[N+]#[C-])cc9CCCCCCCC)s8)s7)cc6c(-c6ccc(C)s6)c5s4)cc3CCCCCCCC)s2)s1. The van der Waals surface area contributed by atoms with Gasteiger partial charge in [-0.25, -0.2) is 25.2 Å². The smallest absolute Gasteiger partial charge is 0.288 e. The normalized spacial score (nSPS) is 12.6. The standard InChI is InChI=1S/C99H111N7S12/c1-13-21-25-29-33-37-41-66-53-70(57-83-72(75(62-100)102-11)61-89(113-83)105(17-5)18-6)109-93(66)79-49-51-81(111-79)95-68(43-39-35-31-27-23-15-3)55-84(114-95)86-59-73-90(77-47-45-64(9)107-77)98-74(91(97(73)116-86)78-48-46-65(10)108-78)60-87(117-98)85-56-69(44-40-36-32-28-24-16-4)96(115-85)82-52-50-80(112-82)94-67(42-38-34-30-26-22-14-2)54-71(110-94)58-88-92(76(63-101)103-12)104-99(118-88)106(19-7)20-8/h45-61H,13-44H2,1-10H3/b75-72+,83-57-,88-58-,92-76+. The number of aromatic nitrogens is 1. The van der Waals surface area contributed by atoms with Crippen LogP contribution in [0.3, 0.4) is 0 Å². The van der Waals surface area contributed by atoms with Crippen LogP contribution in [0.15, 0.2) is 91.0 Å². The number of hydrogen-bond acceptors (Lipinski definition) is 17. The Bertz CT molecular complexity index is 5540. The molecule has 0 aliphatic rings. The maximum atomic E-state index is 10.2. The largest absolute Gasteiger partial charge is 0.364 e. The average molecular weight is 1780 g/mol. The lowest BCUT2D eigenvalue weighted by atomic mass is 9.99. The fourth-order valence-corrected chi connectivity index (χ4v) is 30.5. The molecule has 118 heavy (non-hydrogen) atoms. The molecule has 0 fully saturated rings. The molecule has 0 amide bonds. The first-order valence-corrected chi connectivity index (χ1v) is 53.1. The first-order chi connectivity index (χ1) is 57.8. The number of hydrogen-bond donors (Lipinski definition) is 0. The van der Waals surface area contributed by atoms with Crippen LogP contribution in [0.25, 0.3) is 133 Å². The molecule has 0 saturated heterocycles. The van der Waals surface area contributed by atoms with Gasteiger partial charge in [0.2, 0.25) is 0 Å². The molecule has 13 aromatic rings. The van der Waals surface area contributed by atoms with E-state index in [-0.39, 0.29) is 11.4 Å². The van der Waals surface area contributed by atoms with E-state index < -0.39 is 0 Å². The topological polar surface area (TPSA) is 75.7 Å². The minimum Gasteiger partial charge on any atom is -0.364 e. The Morgan fingerprint density at radius 1 is 0.364 bits per heavy atom. The van der Waals surface area contributed by atoms with Crippen molar-refractivity contribution in [3.63, 3.8) is 0 Å². The van der Waals surface area contributed by atoms with Gasteiger partial charge in [-0.05, 0) is 218 Å². The molecule has 19 heteroatoms. The van der Waals surface area contributed by atoms with E-state index in [0.29, 0.717) is 5.35 Å². The van der Waals surface area contributed by atoms with Crippen LogP contribution in [0.4, 0.5) is 10.1 Å². The lowest BCUT2D eigenvalue weighted by molar-refractivity contribution is 0.608.